The van der Waals surface area contributed by atoms with Gasteiger partial charge in [-0.2, -0.15) is 0 Å². The molecule has 0 aliphatic carbocycles. The predicted molar refractivity (Wildman–Crippen MR) is 120 cm³/mol. The highest BCUT2D eigenvalue weighted by molar-refractivity contribution is 5.94. The van der Waals surface area contributed by atoms with Gasteiger partial charge in [0.15, 0.2) is 11.5 Å². The summed E-state index contributed by atoms with van der Waals surface area (Å²) in [5.41, 5.74) is 2.30. The van der Waals surface area contributed by atoms with Crippen LogP contribution in [0.4, 0.5) is 0 Å². The van der Waals surface area contributed by atoms with Crippen molar-refractivity contribution in [3.8, 4) is 5.75 Å². The fourth-order valence-electron chi connectivity index (χ4n) is 3.96. The second-order valence-corrected chi connectivity index (χ2v) is 8.02. The molecule has 1 unspecified atom stereocenters. The van der Waals surface area contributed by atoms with E-state index >= 15 is 0 Å². The van der Waals surface area contributed by atoms with Gasteiger partial charge in [0.2, 0.25) is 5.91 Å². The summed E-state index contributed by atoms with van der Waals surface area (Å²) in [6, 6.07) is 11.3. The lowest BCUT2D eigenvalue weighted by atomic mass is 10.1. The van der Waals surface area contributed by atoms with Gasteiger partial charge in [-0.25, -0.2) is 0 Å². The van der Waals surface area contributed by atoms with Crippen molar-refractivity contribution in [1.29, 1.82) is 0 Å². The number of pyridine rings is 1. The summed E-state index contributed by atoms with van der Waals surface area (Å²) < 4.78 is 7.10. The predicted octanol–water partition coefficient (Wildman–Crippen LogP) is 1.55. The van der Waals surface area contributed by atoms with Gasteiger partial charge in [0.25, 0.3) is 5.91 Å². The van der Waals surface area contributed by atoms with Crippen LogP contribution in [0.3, 0.4) is 0 Å². The molecule has 4 rings (SSSR count). The van der Waals surface area contributed by atoms with Gasteiger partial charge in [-0.15, -0.1) is 10.2 Å². The van der Waals surface area contributed by atoms with Crippen molar-refractivity contribution < 1.29 is 14.3 Å². The van der Waals surface area contributed by atoms with Crippen LogP contribution in [-0.2, 0) is 11.2 Å². The van der Waals surface area contributed by atoms with Crippen molar-refractivity contribution in [1.82, 2.24) is 29.7 Å². The quantitative estimate of drug-likeness (QED) is 0.630. The fraction of sp³-hybridized carbons (Fsp3) is 0.391. The standard InChI is InChI=1S/C23H28N6O3/c1-16(30)28-12-11-27(2)20(15-28)22-26-25-21-8-7-18(14-29(21)22)23(31)24-10-9-17-5-4-6-19(13-17)32-3/h4-8,13-14,20H,9-12,15H2,1-3H3,(H,24,31). The van der Waals surface area contributed by atoms with Crippen LogP contribution >= 0.6 is 0 Å². The summed E-state index contributed by atoms with van der Waals surface area (Å²) >= 11 is 0. The molecule has 0 spiro atoms. The van der Waals surface area contributed by atoms with Crippen molar-refractivity contribution in [3.05, 3.63) is 59.5 Å². The minimum Gasteiger partial charge on any atom is -0.497 e. The highest BCUT2D eigenvalue weighted by Gasteiger charge is 2.30. The van der Waals surface area contributed by atoms with E-state index in [0.29, 0.717) is 37.3 Å². The molecular weight excluding hydrogens is 408 g/mol. The van der Waals surface area contributed by atoms with Gasteiger partial charge >= 0.3 is 0 Å². The van der Waals surface area contributed by atoms with Crippen molar-refractivity contribution in [2.75, 3.05) is 40.3 Å². The molecule has 0 saturated carbocycles. The zero-order chi connectivity index (χ0) is 22.7. The van der Waals surface area contributed by atoms with Crippen LogP contribution in [0.2, 0.25) is 0 Å². The van der Waals surface area contributed by atoms with Gasteiger partial charge in [0, 0.05) is 39.3 Å². The lowest BCUT2D eigenvalue weighted by Gasteiger charge is -2.38. The molecule has 2 amide bonds. The van der Waals surface area contributed by atoms with E-state index in [2.05, 4.69) is 20.4 Å². The zero-order valence-corrected chi connectivity index (χ0v) is 18.6. The van der Waals surface area contributed by atoms with E-state index in [-0.39, 0.29) is 17.9 Å². The number of aromatic nitrogens is 3. The molecule has 168 valence electrons. The molecule has 1 fully saturated rings. The lowest BCUT2D eigenvalue weighted by Crippen LogP contribution is -2.48. The van der Waals surface area contributed by atoms with Gasteiger partial charge in [0.1, 0.15) is 5.75 Å². The van der Waals surface area contributed by atoms with E-state index in [4.69, 9.17) is 4.74 Å². The number of carbonyl (C=O) groups is 2. The highest BCUT2D eigenvalue weighted by atomic mass is 16.5. The maximum Gasteiger partial charge on any atom is 0.252 e. The van der Waals surface area contributed by atoms with Crippen molar-refractivity contribution in [3.63, 3.8) is 0 Å². The van der Waals surface area contributed by atoms with Gasteiger partial charge in [-0.3, -0.25) is 18.9 Å². The van der Waals surface area contributed by atoms with E-state index in [0.717, 1.165) is 23.7 Å². The first-order valence-electron chi connectivity index (χ1n) is 10.7. The largest absolute Gasteiger partial charge is 0.497 e. The van der Waals surface area contributed by atoms with E-state index in [1.54, 1.807) is 32.4 Å². The van der Waals surface area contributed by atoms with Gasteiger partial charge in [-0.1, -0.05) is 12.1 Å². The number of benzene rings is 1. The van der Waals surface area contributed by atoms with Gasteiger partial charge < -0.3 is 15.0 Å². The van der Waals surface area contributed by atoms with Gasteiger partial charge in [0.05, 0.1) is 18.7 Å². The summed E-state index contributed by atoms with van der Waals surface area (Å²) in [5, 5.41) is 11.6. The number of methoxy groups -OCH3 is 1. The van der Waals surface area contributed by atoms with Crippen LogP contribution in [0.25, 0.3) is 5.65 Å². The molecule has 1 saturated heterocycles. The maximum absolute atomic E-state index is 12.8. The molecule has 2 aromatic heterocycles. The molecule has 1 aromatic carbocycles. The monoisotopic (exact) mass is 436 g/mol. The van der Waals surface area contributed by atoms with E-state index < -0.39 is 0 Å². The Morgan fingerprint density at radius 2 is 2.03 bits per heavy atom. The molecule has 0 bridgehead atoms. The summed E-state index contributed by atoms with van der Waals surface area (Å²) in [7, 11) is 3.65. The summed E-state index contributed by atoms with van der Waals surface area (Å²) in [5.74, 6) is 1.42. The van der Waals surface area contributed by atoms with Gasteiger partial charge in [-0.05, 0) is 43.3 Å². The smallest absolute Gasteiger partial charge is 0.252 e. The number of rotatable bonds is 6. The molecule has 32 heavy (non-hydrogen) atoms. The minimum absolute atomic E-state index is 0.0491. The fourth-order valence-corrected chi connectivity index (χ4v) is 3.96. The molecule has 1 aliphatic rings. The zero-order valence-electron chi connectivity index (χ0n) is 18.6. The number of carbonyl (C=O) groups excluding carboxylic acids is 2. The molecular formula is C23H28N6O3. The highest BCUT2D eigenvalue weighted by Crippen LogP contribution is 2.23. The van der Waals surface area contributed by atoms with Crippen molar-refractivity contribution >= 4 is 17.5 Å². The molecule has 1 N–H and O–H groups in total. The number of hydrogen-bond donors (Lipinski definition) is 1. The first-order valence-corrected chi connectivity index (χ1v) is 10.7. The van der Waals surface area contributed by atoms with Crippen LogP contribution in [0, 0.1) is 0 Å². The first kappa shape index (κ1) is 21.8. The van der Waals surface area contributed by atoms with Crippen LogP contribution in [0.15, 0.2) is 42.6 Å². The number of likely N-dealkylation sites (N-methyl/N-ethyl adjacent to an activating group) is 1. The number of fused-ring (bicyclic) bond motifs is 1. The molecule has 3 heterocycles. The average Bonchev–Trinajstić information content (AvgIpc) is 3.22. The Hall–Kier alpha value is -3.46. The SMILES string of the molecule is COc1cccc(CCNC(=O)c2ccc3nnc(C4CN(C(C)=O)CCN4C)n3c2)c1. The van der Waals surface area contributed by atoms with E-state index in [1.165, 1.54) is 0 Å². The van der Waals surface area contributed by atoms with E-state index in [9.17, 15) is 9.59 Å². The average molecular weight is 437 g/mol. The Kier molecular flexibility index (Phi) is 6.36. The number of nitrogens with one attached hydrogen (secondary N) is 1. The normalized spacial score (nSPS) is 16.8. The second kappa shape index (κ2) is 9.35. The van der Waals surface area contributed by atoms with Crippen LogP contribution in [0.1, 0.15) is 34.7 Å². The van der Waals surface area contributed by atoms with Crippen LogP contribution < -0.4 is 10.1 Å². The van der Waals surface area contributed by atoms with Crippen molar-refractivity contribution in [2.45, 2.75) is 19.4 Å². The first-order chi connectivity index (χ1) is 15.5. The molecule has 9 nitrogen and oxygen atoms in total. The molecule has 1 aliphatic heterocycles. The second-order valence-electron chi connectivity index (χ2n) is 8.02. The third-order valence-electron chi connectivity index (χ3n) is 5.92. The third-order valence-corrected chi connectivity index (χ3v) is 5.92. The Morgan fingerprint density at radius 1 is 1.19 bits per heavy atom. The van der Waals surface area contributed by atoms with E-state index in [1.807, 2.05) is 40.6 Å². The number of nitrogens with zero attached hydrogens (tertiary/aromatic N) is 5. The molecule has 3 aromatic rings. The van der Waals surface area contributed by atoms with Crippen LogP contribution in [0.5, 0.6) is 5.75 Å². The molecule has 1 atom stereocenters. The minimum atomic E-state index is -0.156. The molecule has 0 radical (unpaired) electrons. The Labute approximate surface area is 187 Å². The summed E-state index contributed by atoms with van der Waals surface area (Å²) in [6.45, 7) is 4.09. The summed E-state index contributed by atoms with van der Waals surface area (Å²) in [4.78, 5) is 28.6. The lowest BCUT2D eigenvalue weighted by molar-refractivity contribution is -0.131. The Morgan fingerprint density at radius 3 is 2.81 bits per heavy atom. The maximum atomic E-state index is 12.8. The number of hydrogen-bond acceptors (Lipinski definition) is 6. The van der Waals surface area contributed by atoms with Crippen molar-refractivity contribution in [2.24, 2.45) is 0 Å². The molecule has 9 heteroatoms. The van der Waals surface area contributed by atoms with Crippen LogP contribution in [-0.4, -0.2) is 76.5 Å². The number of amides is 2. The Bertz CT molecular complexity index is 1130. The number of piperazine rings is 1. The Balaban J connectivity index is 1.48. The topological polar surface area (TPSA) is 92.1 Å². The third kappa shape index (κ3) is 4.57. The number of ether oxygens (including phenoxy) is 1. The summed E-state index contributed by atoms with van der Waals surface area (Å²) in [6.07, 6.45) is 2.48.